The zero-order chi connectivity index (χ0) is 14.7. The first-order valence-corrected chi connectivity index (χ1v) is 7.44. The average Bonchev–Trinajstić information content (AvgIpc) is 3.05. The van der Waals surface area contributed by atoms with Crippen LogP contribution in [-0.2, 0) is 0 Å². The fourth-order valence-electron chi connectivity index (χ4n) is 2.65. The van der Waals surface area contributed by atoms with Gasteiger partial charge in [-0.25, -0.2) is 9.13 Å². The van der Waals surface area contributed by atoms with Crippen LogP contribution in [0, 0.1) is 0 Å². The Morgan fingerprint density at radius 3 is 2.00 bits per heavy atom. The first-order valence-electron chi connectivity index (χ1n) is 7.44. The molecule has 0 aliphatic heterocycles. The average molecular weight is 277 g/mol. The quantitative estimate of drug-likeness (QED) is 0.638. The maximum atomic E-state index is 2.26. The van der Waals surface area contributed by atoms with E-state index in [0.717, 1.165) is 0 Å². The third-order valence-electron chi connectivity index (χ3n) is 4.14. The summed E-state index contributed by atoms with van der Waals surface area (Å²) in [6.07, 6.45) is 6.49. The van der Waals surface area contributed by atoms with Gasteiger partial charge in [-0.3, -0.25) is 0 Å². The Hall–Kier alpha value is -2.35. The highest BCUT2D eigenvalue weighted by atomic mass is 15.1. The molecule has 3 aromatic rings. The van der Waals surface area contributed by atoms with Crippen molar-refractivity contribution in [2.24, 2.45) is 0 Å². The molecule has 2 atom stereocenters. The molecule has 21 heavy (non-hydrogen) atoms. The molecule has 0 fully saturated rings. The molecule has 0 saturated heterocycles. The van der Waals surface area contributed by atoms with Crippen molar-refractivity contribution in [1.29, 1.82) is 0 Å². The first-order chi connectivity index (χ1) is 10.3. The number of nitrogens with zero attached hydrogens (tertiary/aromatic N) is 2. The summed E-state index contributed by atoms with van der Waals surface area (Å²) in [4.78, 5) is 0. The molecule has 1 heterocycles. The lowest BCUT2D eigenvalue weighted by atomic mass is 10.1. The van der Waals surface area contributed by atoms with Gasteiger partial charge < -0.3 is 0 Å². The highest BCUT2D eigenvalue weighted by Gasteiger charge is 2.17. The fourth-order valence-corrected chi connectivity index (χ4v) is 2.65. The predicted octanol–water partition coefficient (Wildman–Crippen LogP) is 3.99. The topological polar surface area (TPSA) is 8.81 Å². The maximum Gasteiger partial charge on any atom is 0.244 e. The molecule has 1 aromatic heterocycles. The number of benzene rings is 2. The standard InChI is InChI=1S/C19H21N2/c1-16(18-9-5-3-6-10-18)20-13-14-21(15-20)17(2)19-11-7-4-8-12-19/h3-17H,1-2H3/q+1/t16-,17-/m1/s1. The molecule has 0 amide bonds. The Labute approximate surface area is 126 Å². The molecule has 0 aliphatic carbocycles. The van der Waals surface area contributed by atoms with E-state index >= 15 is 0 Å². The molecular weight excluding hydrogens is 256 g/mol. The fraction of sp³-hybridized carbons (Fsp3) is 0.211. The Kier molecular flexibility index (Phi) is 3.87. The monoisotopic (exact) mass is 277 g/mol. The SMILES string of the molecule is C[C@H](c1ccccc1)n1cc[n+]([C@H](C)c2ccccc2)c1. The molecule has 2 heteroatoms. The Morgan fingerprint density at radius 1 is 0.810 bits per heavy atom. The van der Waals surface area contributed by atoms with Crippen LogP contribution in [-0.4, -0.2) is 4.57 Å². The Morgan fingerprint density at radius 2 is 1.38 bits per heavy atom. The molecule has 2 aromatic carbocycles. The van der Waals surface area contributed by atoms with Crippen LogP contribution in [0.15, 0.2) is 79.4 Å². The number of aromatic nitrogens is 2. The molecule has 0 bridgehead atoms. The van der Waals surface area contributed by atoms with Crippen LogP contribution in [0.3, 0.4) is 0 Å². The van der Waals surface area contributed by atoms with Gasteiger partial charge in [0.05, 0.1) is 0 Å². The van der Waals surface area contributed by atoms with E-state index < -0.39 is 0 Å². The second-order valence-electron chi connectivity index (χ2n) is 5.48. The van der Waals surface area contributed by atoms with Gasteiger partial charge in [-0.2, -0.15) is 0 Å². The summed E-state index contributed by atoms with van der Waals surface area (Å²) in [6, 6.07) is 21.9. The van der Waals surface area contributed by atoms with Gasteiger partial charge in [-0.1, -0.05) is 60.7 Å². The number of imidazole rings is 1. The minimum atomic E-state index is 0.343. The van der Waals surface area contributed by atoms with Gasteiger partial charge in [-0.05, 0) is 25.0 Å². The van der Waals surface area contributed by atoms with Crippen molar-refractivity contribution in [2.45, 2.75) is 25.9 Å². The summed E-state index contributed by atoms with van der Waals surface area (Å²) in [5.41, 5.74) is 2.65. The van der Waals surface area contributed by atoms with Crippen LogP contribution in [0.2, 0.25) is 0 Å². The lowest BCUT2D eigenvalue weighted by Crippen LogP contribution is -2.36. The number of hydrogen-bond donors (Lipinski definition) is 0. The lowest BCUT2D eigenvalue weighted by molar-refractivity contribution is -0.710. The van der Waals surface area contributed by atoms with Gasteiger partial charge in [-0.15, -0.1) is 0 Å². The van der Waals surface area contributed by atoms with Crippen LogP contribution >= 0.6 is 0 Å². The zero-order valence-electron chi connectivity index (χ0n) is 12.6. The molecule has 3 rings (SSSR count). The second kappa shape index (κ2) is 5.96. The van der Waals surface area contributed by atoms with E-state index in [2.05, 4.69) is 102 Å². The number of rotatable bonds is 4. The van der Waals surface area contributed by atoms with Crippen LogP contribution in [0.5, 0.6) is 0 Å². The minimum absolute atomic E-state index is 0.343. The van der Waals surface area contributed by atoms with Crippen molar-refractivity contribution in [3.05, 3.63) is 90.5 Å². The summed E-state index contributed by atoms with van der Waals surface area (Å²) >= 11 is 0. The van der Waals surface area contributed by atoms with Crippen molar-refractivity contribution < 1.29 is 4.57 Å². The molecule has 0 saturated carbocycles. The highest BCUT2D eigenvalue weighted by molar-refractivity contribution is 5.19. The summed E-state index contributed by atoms with van der Waals surface area (Å²) in [5.74, 6) is 0. The van der Waals surface area contributed by atoms with Crippen LogP contribution < -0.4 is 4.57 Å². The normalized spacial score (nSPS) is 13.8. The Balaban J connectivity index is 1.84. The van der Waals surface area contributed by atoms with Crippen LogP contribution in [0.25, 0.3) is 0 Å². The van der Waals surface area contributed by atoms with Gasteiger partial charge in [0, 0.05) is 0 Å². The van der Waals surface area contributed by atoms with E-state index in [1.807, 2.05) is 0 Å². The van der Waals surface area contributed by atoms with E-state index in [9.17, 15) is 0 Å². The van der Waals surface area contributed by atoms with Gasteiger partial charge in [0.1, 0.15) is 24.5 Å². The predicted molar refractivity (Wildman–Crippen MR) is 85.1 cm³/mol. The molecule has 0 N–H and O–H groups in total. The zero-order valence-corrected chi connectivity index (χ0v) is 12.6. The third-order valence-corrected chi connectivity index (χ3v) is 4.14. The maximum absolute atomic E-state index is 2.26. The van der Waals surface area contributed by atoms with Crippen molar-refractivity contribution >= 4 is 0 Å². The van der Waals surface area contributed by atoms with Crippen LogP contribution in [0.1, 0.15) is 37.1 Å². The van der Waals surface area contributed by atoms with Gasteiger partial charge in [0.25, 0.3) is 0 Å². The van der Waals surface area contributed by atoms with Gasteiger partial charge in [0.2, 0.25) is 6.33 Å². The van der Waals surface area contributed by atoms with Crippen molar-refractivity contribution in [3.63, 3.8) is 0 Å². The largest absolute Gasteiger partial charge is 0.244 e. The molecular formula is C19H21N2+. The van der Waals surface area contributed by atoms with E-state index in [0.29, 0.717) is 12.1 Å². The molecule has 0 spiro atoms. The molecule has 0 unspecified atom stereocenters. The summed E-state index contributed by atoms with van der Waals surface area (Å²) in [6.45, 7) is 4.46. The van der Waals surface area contributed by atoms with Gasteiger partial charge >= 0.3 is 0 Å². The van der Waals surface area contributed by atoms with E-state index in [-0.39, 0.29) is 0 Å². The van der Waals surface area contributed by atoms with Crippen LogP contribution in [0.4, 0.5) is 0 Å². The van der Waals surface area contributed by atoms with Crippen molar-refractivity contribution in [3.8, 4) is 0 Å². The molecule has 0 aliphatic rings. The minimum Gasteiger partial charge on any atom is -0.230 e. The van der Waals surface area contributed by atoms with Gasteiger partial charge in [0.15, 0.2) is 0 Å². The smallest absolute Gasteiger partial charge is 0.230 e. The molecule has 106 valence electrons. The summed E-state index contributed by atoms with van der Waals surface area (Å²) in [5, 5.41) is 0. The van der Waals surface area contributed by atoms with E-state index in [1.54, 1.807) is 0 Å². The number of hydrogen-bond acceptors (Lipinski definition) is 0. The van der Waals surface area contributed by atoms with E-state index in [1.165, 1.54) is 11.1 Å². The molecule has 0 radical (unpaired) electrons. The van der Waals surface area contributed by atoms with E-state index in [4.69, 9.17) is 0 Å². The summed E-state index contributed by atoms with van der Waals surface area (Å²) < 4.78 is 4.52. The molecule has 2 nitrogen and oxygen atoms in total. The Bertz CT molecular complexity index is 626. The van der Waals surface area contributed by atoms with Crippen molar-refractivity contribution in [1.82, 2.24) is 4.57 Å². The second-order valence-corrected chi connectivity index (χ2v) is 5.48. The highest BCUT2D eigenvalue weighted by Crippen LogP contribution is 2.17. The summed E-state index contributed by atoms with van der Waals surface area (Å²) in [7, 11) is 0. The van der Waals surface area contributed by atoms with Crippen molar-refractivity contribution in [2.75, 3.05) is 0 Å². The lowest BCUT2D eigenvalue weighted by Gasteiger charge is -2.09. The first kappa shape index (κ1) is 13.6. The third kappa shape index (κ3) is 2.89.